The highest BCUT2D eigenvalue weighted by Crippen LogP contribution is 2.24. The highest BCUT2D eigenvalue weighted by molar-refractivity contribution is 14.0. The smallest absolute Gasteiger partial charge is 0.191 e. The van der Waals surface area contributed by atoms with Gasteiger partial charge in [0, 0.05) is 39.3 Å². The fraction of sp³-hybridized carbons (Fsp3) is 0.368. The Morgan fingerprint density at radius 2 is 1.81 bits per heavy atom. The number of anilines is 1. The number of aliphatic imine (C=N–C) groups is 1. The van der Waals surface area contributed by atoms with Crippen LogP contribution in [-0.4, -0.2) is 46.3 Å². The van der Waals surface area contributed by atoms with E-state index in [1.54, 1.807) is 21.3 Å². The van der Waals surface area contributed by atoms with E-state index < -0.39 is 0 Å². The molecule has 0 saturated carbocycles. The summed E-state index contributed by atoms with van der Waals surface area (Å²) < 4.78 is 10.6. The van der Waals surface area contributed by atoms with Crippen molar-refractivity contribution >= 4 is 35.8 Å². The van der Waals surface area contributed by atoms with E-state index in [0.29, 0.717) is 19.0 Å². The largest absolute Gasteiger partial charge is 0.497 e. The molecule has 1 aromatic heterocycles. The Morgan fingerprint density at radius 1 is 1.07 bits per heavy atom. The predicted octanol–water partition coefficient (Wildman–Crippen LogP) is 2.65. The third-order valence-corrected chi connectivity index (χ3v) is 3.85. The normalized spacial score (nSPS) is 10.6. The average Bonchev–Trinajstić information content (AvgIpc) is 2.68. The maximum atomic E-state index is 5.42. The highest BCUT2D eigenvalue weighted by atomic mass is 127. The Balaban J connectivity index is 0.00000364. The number of benzene rings is 1. The number of hydrogen-bond donors (Lipinski definition) is 2. The summed E-state index contributed by atoms with van der Waals surface area (Å²) in [5.41, 5.74) is 1.96. The number of guanidine groups is 1. The summed E-state index contributed by atoms with van der Waals surface area (Å²) in [6.45, 7) is 1.17. The molecule has 27 heavy (non-hydrogen) atoms. The third kappa shape index (κ3) is 6.78. The fourth-order valence-electron chi connectivity index (χ4n) is 2.39. The molecule has 0 unspecified atom stereocenters. The maximum absolute atomic E-state index is 5.42. The Kier molecular flexibility index (Phi) is 9.70. The number of nitrogens with zero attached hydrogens (tertiary/aromatic N) is 3. The summed E-state index contributed by atoms with van der Waals surface area (Å²) in [5, 5.41) is 6.56. The first kappa shape index (κ1) is 22.8. The van der Waals surface area contributed by atoms with E-state index >= 15 is 0 Å². The molecule has 0 spiro atoms. The standard InChI is InChI=1S/C19H27N5O2.HI/c1-20-19(22-13-15-7-6-8-18(23-15)24(2)3)21-12-14-9-10-16(25-4)11-17(14)26-5;/h6-11H,12-13H2,1-5H3,(H2,20,21,22);1H. The van der Waals surface area contributed by atoms with Gasteiger partial charge in [-0.3, -0.25) is 4.99 Å². The second-order valence-corrected chi connectivity index (χ2v) is 5.84. The van der Waals surface area contributed by atoms with E-state index in [0.717, 1.165) is 28.6 Å². The molecule has 0 aliphatic heterocycles. The first-order valence-corrected chi connectivity index (χ1v) is 8.36. The van der Waals surface area contributed by atoms with Crippen molar-refractivity contribution in [3.8, 4) is 11.5 Å². The Bertz CT molecular complexity index is 753. The van der Waals surface area contributed by atoms with Crippen molar-refractivity contribution in [2.75, 3.05) is 40.3 Å². The summed E-state index contributed by atoms with van der Waals surface area (Å²) in [6.07, 6.45) is 0. The molecular formula is C19H28IN5O2. The first-order valence-electron chi connectivity index (χ1n) is 8.36. The van der Waals surface area contributed by atoms with Gasteiger partial charge >= 0.3 is 0 Å². The number of hydrogen-bond acceptors (Lipinski definition) is 5. The molecule has 2 N–H and O–H groups in total. The van der Waals surface area contributed by atoms with Gasteiger partial charge in [-0.1, -0.05) is 6.07 Å². The lowest BCUT2D eigenvalue weighted by Gasteiger charge is -2.15. The van der Waals surface area contributed by atoms with Crippen molar-refractivity contribution in [1.29, 1.82) is 0 Å². The van der Waals surface area contributed by atoms with Crippen LogP contribution in [-0.2, 0) is 13.1 Å². The number of rotatable bonds is 7. The molecule has 0 atom stereocenters. The Morgan fingerprint density at radius 3 is 2.44 bits per heavy atom. The molecular weight excluding hydrogens is 457 g/mol. The van der Waals surface area contributed by atoms with Gasteiger partial charge in [-0.05, 0) is 24.3 Å². The minimum absolute atomic E-state index is 0. The Hall–Kier alpha value is -2.23. The quantitative estimate of drug-likeness (QED) is 0.357. The Labute approximate surface area is 178 Å². The molecule has 0 aliphatic rings. The fourth-order valence-corrected chi connectivity index (χ4v) is 2.39. The van der Waals surface area contributed by atoms with Gasteiger partial charge in [0.15, 0.2) is 5.96 Å². The van der Waals surface area contributed by atoms with Crippen molar-refractivity contribution in [2.45, 2.75) is 13.1 Å². The molecule has 7 nitrogen and oxygen atoms in total. The zero-order valence-corrected chi connectivity index (χ0v) is 18.8. The maximum Gasteiger partial charge on any atom is 0.191 e. The van der Waals surface area contributed by atoms with Gasteiger partial charge in [0.1, 0.15) is 17.3 Å². The van der Waals surface area contributed by atoms with E-state index in [4.69, 9.17) is 9.47 Å². The van der Waals surface area contributed by atoms with Crippen LogP contribution in [0.1, 0.15) is 11.3 Å². The van der Waals surface area contributed by atoms with Crippen LogP contribution >= 0.6 is 24.0 Å². The number of nitrogens with one attached hydrogen (secondary N) is 2. The van der Waals surface area contributed by atoms with Gasteiger partial charge in [0.05, 0.1) is 26.5 Å². The van der Waals surface area contributed by atoms with Gasteiger partial charge in [-0.25, -0.2) is 4.98 Å². The van der Waals surface area contributed by atoms with Gasteiger partial charge in [-0.2, -0.15) is 0 Å². The van der Waals surface area contributed by atoms with Crippen LogP contribution in [0, 0.1) is 0 Å². The number of halogens is 1. The lowest BCUT2D eigenvalue weighted by molar-refractivity contribution is 0.390. The lowest BCUT2D eigenvalue weighted by atomic mass is 10.2. The average molecular weight is 485 g/mol. The zero-order valence-electron chi connectivity index (χ0n) is 16.4. The highest BCUT2D eigenvalue weighted by Gasteiger charge is 2.07. The molecule has 2 rings (SSSR count). The van der Waals surface area contributed by atoms with E-state index in [-0.39, 0.29) is 24.0 Å². The molecule has 0 radical (unpaired) electrons. The number of aromatic nitrogens is 1. The predicted molar refractivity (Wildman–Crippen MR) is 121 cm³/mol. The van der Waals surface area contributed by atoms with Gasteiger partial charge < -0.3 is 25.0 Å². The van der Waals surface area contributed by atoms with E-state index in [1.165, 1.54) is 0 Å². The van der Waals surface area contributed by atoms with E-state index in [1.807, 2.05) is 55.4 Å². The molecule has 0 amide bonds. The van der Waals surface area contributed by atoms with Crippen LogP contribution in [0.4, 0.5) is 5.82 Å². The van der Waals surface area contributed by atoms with Crippen molar-refractivity contribution in [2.24, 2.45) is 4.99 Å². The molecule has 1 aromatic carbocycles. The van der Waals surface area contributed by atoms with Crippen molar-refractivity contribution in [3.05, 3.63) is 47.7 Å². The number of methoxy groups -OCH3 is 2. The van der Waals surface area contributed by atoms with Crippen LogP contribution in [0.15, 0.2) is 41.4 Å². The lowest BCUT2D eigenvalue weighted by Crippen LogP contribution is -2.36. The van der Waals surface area contributed by atoms with Crippen molar-refractivity contribution < 1.29 is 9.47 Å². The van der Waals surface area contributed by atoms with Gasteiger partial charge in [0.25, 0.3) is 0 Å². The summed E-state index contributed by atoms with van der Waals surface area (Å²) in [6, 6.07) is 11.7. The minimum Gasteiger partial charge on any atom is -0.497 e. The van der Waals surface area contributed by atoms with Gasteiger partial charge in [-0.15, -0.1) is 24.0 Å². The minimum atomic E-state index is 0. The number of pyridine rings is 1. The zero-order chi connectivity index (χ0) is 18.9. The topological polar surface area (TPSA) is 71.0 Å². The van der Waals surface area contributed by atoms with Crippen LogP contribution < -0.4 is 25.0 Å². The summed E-state index contributed by atoms with van der Waals surface area (Å²) in [7, 11) is 8.97. The van der Waals surface area contributed by atoms with Crippen molar-refractivity contribution in [1.82, 2.24) is 15.6 Å². The summed E-state index contributed by atoms with van der Waals surface area (Å²) in [4.78, 5) is 10.8. The molecule has 1 heterocycles. The number of ether oxygens (including phenoxy) is 2. The SMILES string of the molecule is CN=C(NCc1cccc(N(C)C)n1)NCc1ccc(OC)cc1OC.I. The van der Waals surface area contributed by atoms with Crippen LogP contribution in [0.5, 0.6) is 11.5 Å². The summed E-state index contributed by atoms with van der Waals surface area (Å²) >= 11 is 0. The van der Waals surface area contributed by atoms with Crippen LogP contribution in [0.25, 0.3) is 0 Å². The molecule has 8 heteroatoms. The second kappa shape index (κ2) is 11.5. The molecule has 2 aromatic rings. The molecule has 0 saturated heterocycles. The van der Waals surface area contributed by atoms with Crippen LogP contribution in [0.3, 0.4) is 0 Å². The van der Waals surface area contributed by atoms with Crippen molar-refractivity contribution in [3.63, 3.8) is 0 Å². The van der Waals surface area contributed by atoms with E-state index in [2.05, 4.69) is 20.6 Å². The summed E-state index contributed by atoms with van der Waals surface area (Å²) in [5.74, 6) is 3.16. The molecule has 0 aliphatic carbocycles. The molecule has 0 fully saturated rings. The molecule has 148 valence electrons. The van der Waals surface area contributed by atoms with E-state index in [9.17, 15) is 0 Å². The first-order chi connectivity index (χ1) is 12.6. The van der Waals surface area contributed by atoms with Gasteiger partial charge in [0.2, 0.25) is 0 Å². The third-order valence-electron chi connectivity index (χ3n) is 3.85. The second-order valence-electron chi connectivity index (χ2n) is 5.84. The molecule has 0 bridgehead atoms. The monoisotopic (exact) mass is 485 g/mol. The van der Waals surface area contributed by atoms with Crippen LogP contribution in [0.2, 0.25) is 0 Å².